The Hall–Kier alpha value is -1.35. The van der Waals surface area contributed by atoms with Crippen molar-refractivity contribution in [1.29, 1.82) is 0 Å². The fourth-order valence-electron chi connectivity index (χ4n) is 2.13. The summed E-state index contributed by atoms with van der Waals surface area (Å²) in [7, 11) is 2.05. The first-order valence-corrected chi connectivity index (χ1v) is 5.44. The number of nitrogens with two attached hydrogens (primary N) is 1. The molecule has 0 aliphatic heterocycles. The summed E-state index contributed by atoms with van der Waals surface area (Å²) < 4.78 is 2.12. The van der Waals surface area contributed by atoms with Gasteiger partial charge in [-0.1, -0.05) is 12.1 Å². The van der Waals surface area contributed by atoms with Crippen molar-refractivity contribution in [3.8, 4) is 0 Å². The smallest absolute Gasteiger partial charge is 0.126 e. The molecule has 78 valence electrons. The molecular formula is C12H15N3. The van der Waals surface area contributed by atoms with Crippen molar-refractivity contribution in [3.05, 3.63) is 30.1 Å². The number of hydrogen-bond acceptors (Lipinski definition) is 2. The molecule has 1 aliphatic carbocycles. The van der Waals surface area contributed by atoms with Crippen molar-refractivity contribution >= 4 is 11.0 Å². The van der Waals surface area contributed by atoms with Gasteiger partial charge in [-0.3, -0.25) is 0 Å². The zero-order chi connectivity index (χ0) is 10.4. The van der Waals surface area contributed by atoms with E-state index in [1.54, 1.807) is 0 Å². The molecule has 3 rings (SSSR count). The van der Waals surface area contributed by atoms with Gasteiger partial charge in [0.25, 0.3) is 0 Å². The van der Waals surface area contributed by atoms with Crippen LogP contribution in [0.5, 0.6) is 0 Å². The van der Waals surface area contributed by atoms with Gasteiger partial charge in [-0.25, -0.2) is 4.98 Å². The third kappa shape index (κ3) is 1.35. The molecule has 0 unspecified atom stereocenters. The van der Waals surface area contributed by atoms with E-state index in [2.05, 4.69) is 15.6 Å². The van der Waals surface area contributed by atoms with E-state index in [-0.39, 0.29) is 6.04 Å². The molecule has 3 heteroatoms. The first kappa shape index (κ1) is 8.92. The van der Waals surface area contributed by atoms with Crippen LogP contribution in [0.1, 0.15) is 24.7 Å². The van der Waals surface area contributed by atoms with Crippen LogP contribution in [0.2, 0.25) is 0 Å². The average Bonchev–Trinajstić information content (AvgIpc) is 3.04. The molecule has 15 heavy (non-hydrogen) atoms. The molecule has 1 aliphatic rings. The summed E-state index contributed by atoms with van der Waals surface area (Å²) in [6.45, 7) is 0. The predicted molar refractivity (Wildman–Crippen MR) is 60.4 cm³/mol. The lowest BCUT2D eigenvalue weighted by Gasteiger charge is -2.09. The van der Waals surface area contributed by atoms with E-state index in [4.69, 9.17) is 5.73 Å². The van der Waals surface area contributed by atoms with E-state index >= 15 is 0 Å². The summed E-state index contributed by atoms with van der Waals surface area (Å²) in [5.41, 5.74) is 8.40. The number of para-hydroxylation sites is 2. The Bertz CT molecular complexity index is 497. The molecule has 2 aromatic rings. The van der Waals surface area contributed by atoms with Crippen molar-refractivity contribution in [2.24, 2.45) is 18.7 Å². The van der Waals surface area contributed by atoms with Crippen molar-refractivity contribution in [2.75, 3.05) is 0 Å². The van der Waals surface area contributed by atoms with Gasteiger partial charge in [-0.15, -0.1) is 0 Å². The predicted octanol–water partition coefficient (Wildman–Crippen LogP) is 1.98. The van der Waals surface area contributed by atoms with Gasteiger partial charge in [-0.05, 0) is 30.9 Å². The van der Waals surface area contributed by atoms with Gasteiger partial charge in [0.2, 0.25) is 0 Å². The summed E-state index contributed by atoms with van der Waals surface area (Å²) >= 11 is 0. The lowest BCUT2D eigenvalue weighted by Crippen LogP contribution is -2.17. The molecule has 0 bridgehead atoms. The fourth-order valence-corrected chi connectivity index (χ4v) is 2.13. The van der Waals surface area contributed by atoms with Crippen LogP contribution in [0.4, 0.5) is 0 Å². The minimum absolute atomic E-state index is 0.113. The van der Waals surface area contributed by atoms with Gasteiger partial charge < -0.3 is 10.3 Å². The highest BCUT2D eigenvalue weighted by Gasteiger charge is 2.32. The van der Waals surface area contributed by atoms with Crippen LogP contribution in [-0.4, -0.2) is 9.55 Å². The van der Waals surface area contributed by atoms with E-state index in [0.29, 0.717) is 5.92 Å². The highest BCUT2D eigenvalue weighted by Crippen LogP contribution is 2.39. The number of aromatic nitrogens is 2. The third-order valence-corrected chi connectivity index (χ3v) is 3.25. The summed E-state index contributed by atoms with van der Waals surface area (Å²) in [6.07, 6.45) is 2.51. The Balaban J connectivity index is 2.14. The molecule has 1 aromatic carbocycles. The molecule has 1 fully saturated rings. The zero-order valence-electron chi connectivity index (χ0n) is 8.85. The number of nitrogens with zero attached hydrogens (tertiary/aromatic N) is 2. The van der Waals surface area contributed by atoms with Gasteiger partial charge >= 0.3 is 0 Å². The molecule has 0 amide bonds. The minimum Gasteiger partial charge on any atom is -0.330 e. The van der Waals surface area contributed by atoms with Crippen LogP contribution in [0.25, 0.3) is 11.0 Å². The maximum atomic E-state index is 6.18. The van der Waals surface area contributed by atoms with Crippen LogP contribution < -0.4 is 5.73 Å². The van der Waals surface area contributed by atoms with E-state index in [9.17, 15) is 0 Å². The molecule has 2 N–H and O–H groups in total. The molecule has 1 atom stereocenters. The van der Waals surface area contributed by atoms with E-state index in [0.717, 1.165) is 11.3 Å². The van der Waals surface area contributed by atoms with Crippen molar-refractivity contribution < 1.29 is 0 Å². The second kappa shape index (κ2) is 3.07. The number of imidazole rings is 1. The molecule has 0 spiro atoms. The quantitative estimate of drug-likeness (QED) is 0.807. The Kier molecular flexibility index (Phi) is 1.83. The summed E-state index contributed by atoms with van der Waals surface area (Å²) in [5, 5.41) is 0. The standard InChI is InChI=1S/C12H15N3/c1-15-10-5-3-2-4-9(10)14-12(15)11(13)8-6-7-8/h2-5,8,11H,6-7,13H2,1H3/t11-/m1/s1. The second-order valence-electron chi connectivity index (χ2n) is 4.38. The van der Waals surface area contributed by atoms with Gasteiger partial charge in [0.05, 0.1) is 17.1 Å². The fraction of sp³-hybridized carbons (Fsp3) is 0.417. The lowest BCUT2D eigenvalue weighted by molar-refractivity contribution is 0.574. The van der Waals surface area contributed by atoms with E-state index in [1.807, 2.05) is 25.2 Å². The van der Waals surface area contributed by atoms with Gasteiger partial charge in [-0.2, -0.15) is 0 Å². The van der Waals surface area contributed by atoms with Gasteiger partial charge in [0.1, 0.15) is 5.82 Å². The maximum absolute atomic E-state index is 6.18. The van der Waals surface area contributed by atoms with Crippen LogP contribution in [0, 0.1) is 5.92 Å². The minimum atomic E-state index is 0.113. The third-order valence-electron chi connectivity index (χ3n) is 3.25. The highest BCUT2D eigenvalue weighted by molar-refractivity contribution is 5.75. The van der Waals surface area contributed by atoms with E-state index < -0.39 is 0 Å². The second-order valence-corrected chi connectivity index (χ2v) is 4.38. The Labute approximate surface area is 88.9 Å². The molecule has 1 heterocycles. The molecule has 1 aromatic heterocycles. The number of benzene rings is 1. The Morgan fingerprint density at radius 1 is 1.40 bits per heavy atom. The van der Waals surface area contributed by atoms with Crippen LogP contribution in [0.15, 0.2) is 24.3 Å². The SMILES string of the molecule is Cn1c([C@H](N)C2CC2)nc2ccccc21. The zero-order valence-corrected chi connectivity index (χ0v) is 8.85. The maximum Gasteiger partial charge on any atom is 0.126 e. The van der Waals surface area contributed by atoms with Gasteiger partial charge in [0, 0.05) is 7.05 Å². The normalized spacial score (nSPS) is 18.3. The highest BCUT2D eigenvalue weighted by atomic mass is 15.1. The van der Waals surface area contributed by atoms with Crippen LogP contribution in [0.3, 0.4) is 0 Å². The van der Waals surface area contributed by atoms with E-state index in [1.165, 1.54) is 18.4 Å². The Morgan fingerprint density at radius 3 is 2.80 bits per heavy atom. The summed E-state index contributed by atoms with van der Waals surface area (Å²) in [6, 6.07) is 8.30. The van der Waals surface area contributed by atoms with Crippen LogP contribution in [-0.2, 0) is 7.05 Å². The average molecular weight is 201 g/mol. The van der Waals surface area contributed by atoms with Crippen molar-refractivity contribution in [3.63, 3.8) is 0 Å². The summed E-state index contributed by atoms with van der Waals surface area (Å²) in [4.78, 5) is 4.61. The first-order chi connectivity index (χ1) is 7.27. The molecule has 0 saturated heterocycles. The monoisotopic (exact) mass is 201 g/mol. The molecule has 0 radical (unpaired) electrons. The van der Waals surface area contributed by atoms with Gasteiger partial charge in [0.15, 0.2) is 0 Å². The molecular weight excluding hydrogens is 186 g/mol. The lowest BCUT2D eigenvalue weighted by atomic mass is 10.2. The topological polar surface area (TPSA) is 43.8 Å². The number of aryl methyl sites for hydroxylation is 1. The summed E-state index contributed by atoms with van der Waals surface area (Å²) in [5.74, 6) is 1.68. The first-order valence-electron chi connectivity index (χ1n) is 5.44. The number of fused-ring (bicyclic) bond motifs is 1. The number of hydrogen-bond donors (Lipinski definition) is 1. The molecule has 1 saturated carbocycles. The van der Waals surface area contributed by atoms with Crippen molar-refractivity contribution in [1.82, 2.24) is 9.55 Å². The van der Waals surface area contributed by atoms with Crippen LogP contribution >= 0.6 is 0 Å². The number of rotatable bonds is 2. The Morgan fingerprint density at radius 2 is 2.13 bits per heavy atom. The van der Waals surface area contributed by atoms with Crippen molar-refractivity contribution in [2.45, 2.75) is 18.9 Å². The largest absolute Gasteiger partial charge is 0.330 e. The molecule has 3 nitrogen and oxygen atoms in total.